The summed E-state index contributed by atoms with van der Waals surface area (Å²) in [5, 5.41) is 1.17. The lowest BCUT2D eigenvalue weighted by Crippen LogP contribution is -2.44. The van der Waals surface area contributed by atoms with Crippen LogP contribution in [0.2, 0.25) is 18.1 Å². The predicted octanol–water partition coefficient (Wildman–Crippen LogP) is 4.49. The van der Waals surface area contributed by atoms with Crippen molar-refractivity contribution in [2.24, 2.45) is 0 Å². The molecule has 4 heterocycles. The van der Waals surface area contributed by atoms with Crippen LogP contribution in [0.1, 0.15) is 52.4 Å². The SMILES string of the molecule is Cc1nc(C)c2ccn([C@@H]3O[C@H](CO[Si](C)(C)C(C)(C)C)[C@H]4OC(C)(C)O[C@H]43)c2n1. The topological polar surface area (TPSA) is 67.6 Å². The Morgan fingerprint density at radius 1 is 1.13 bits per heavy atom. The van der Waals surface area contributed by atoms with Crippen molar-refractivity contribution in [3.8, 4) is 0 Å². The van der Waals surface area contributed by atoms with Gasteiger partial charge in [-0.05, 0) is 51.9 Å². The van der Waals surface area contributed by atoms with Gasteiger partial charge in [-0.2, -0.15) is 0 Å². The van der Waals surface area contributed by atoms with Crippen LogP contribution >= 0.6 is 0 Å². The molecule has 0 bridgehead atoms. The number of rotatable bonds is 4. The second kappa shape index (κ2) is 7.10. The van der Waals surface area contributed by atoms with Gasteiger partial charge in [-0.25, -0.2) is 9.97 Å². The summed E-state index contributed by atoms with van der Waals surface area (Å²) >= 11 is 0. The van der Waals surface area contributed by atoms with E-state index >= 15 is 0 Å². The zero-order valence-electron chi connectivity index (χ0n) is 19.6. The standard InChI is InChI=1S/C22H35N3O4Si/c1-13-15-10-11-25(19(15)24-14(2)23-13)20-18-17(28-22(6,7)29-18)16(27-20)12-26-30(8,9)21(3,4)5/h10-11,16-18,20H,12H2,1-9H3/t16-,17-,18-,20-/m1/s1. The van der Waals surface area contributed by atoms with Gasteiger partial charge in [-0.1, -0.05) is 20.8 Å². The van der Waals surface area contributed by atoms with E-state index < -0.39 is 14.1 Å². The number of nitrogens with zero attached hydrogens (tertiary/aromatic N) is 3. The molecule has 2 aliphatic heterocycles. The molecule has 30 heavy (non-hydrogen) atoms. The molecule has 2 aromatic rings. The van der Waals surface area contributed by atoms with Gasteiger partial charge in [0.05, 0.1) is 12.3 Å². The highest BCUT2D eigenvalue weighted by atomic mass is 28.4. The maximum Gasteiger partial charge on any atom is 0.192 e. The van der Waals surface area contributed by atoms with Crippen molar-refractivity contribution in [1.82, 2.24) is 14.5 Å². The summed E-state index contributed by atoms with van der Waals surface area (Å²) in [6.07, 6.45) is 1.09. The fourth-order valence-electron chi connectivity index (χ4n) is 4.05. The molecule has 8 heteroatoms. The highest BCUT2D eigenvalue weighted by Crippen LogP contribution is 2.45. The zero-order chi connectivity index (χ0) is 22.1. The lowest BCUT2D eigenvalue weighted by molar-refractivity contribution is -0.199. The van der Waals surface area contributed by atoms with Gasteiger partial charge in [0.15, 0.2) is 20.3 Å². The van der Waals surface area contributed by atoms with Crippen LogP contribution < -0.4 is 0 Å². The van der Waals surface area contributed by atoms with Crippen molar-refractivity contribution < 1.29 is 18.6 Å². The van der Waals surface area contributed by atoms with Crippen molar-refractivity contribution in [3.63, 3.8) is 0 Å². The van der Waals surface area contributed by atoms with Gasteiger partial charge >= 0.3 is 0 Å². The molecule has 2 fully saturated rings. The maximum absolute atomic E-state index is 6.51. The Labute approximate surface area is 180 Å². The first-order valence-electron chi connectivity index (χ1n) is 10.8. The second-order valence-electron chi connectivity index (χ2n) is 10.5. The van der Waals surface area contributed by atoms with E-state index in [9.17, 15) is 0 Å². The molecule has 0 aromatic carbocycles. The minimum Gasteiger partial charge on any atom is -0.414 e. The summed E-state index contributed by atoms with van der Waals surface area (Å²) in [6.45, 7) is 19.6. The normalized spacial score (nSPS) is 29.0. The van der Waals surface area contributed by atoms with Crippen LogP contribution in [0.3, 0.4) is 0 Å². The van der Waals surface area contributed by atoms with E-state index in [0.29, 0.717) is 6.61 Å². The molecule has 7 nitrogen and oxygen atoms in total. The number of hydrogen-bond acceptors (Lipinski definition) is 6. The van der Waals surface area contributed by atoms with Gasteiger partial charge in [0.25, 0.3) is 0 Å². The Morgan fingerprint density at radius 3 is 2.47 bits per heavy atom. The maximum atomic E-state index is 6.51. The molecule has 2 aromatic heterocycles. The molecule has 0 N–H and O–H groups in total. The Bertz CT molecular complexity index is 950. The number of ether oxygens (including phenoxy) is 3. The summed E-state index contributed by atoms with van der Waals surface area (Å²) in [7, 11) is -1.90. The molecule has 4 rings (SSSR count). The molecule has 0 unspecified atom stereocenters. The second-order valence-corrected chi connectivity index (χ2v) is 15.3. The van der Waals surface area contributed by atoms with Crippen molar-refractivity contribution in [2.75, 3.05) is 6.61 Å². The zero-order valence-corrected chi connectivity index (χ0v) is 20.6. The fourth-order valence-corrected chi connectivity index (χ4v) is 5.06. The van der Waals surface area contributed by atoms with Crippen LogP contribution in [0.4, 0.5) is 0 Å². The van der Waals surface area contributed by atoms with Crippen LogP contribution in [0.25, 0.3) is 11.0 Å². The molecule has 4 atom stereocenters. The monoisotopic (exact) mass is 433 g/mol. The van der Waals surface area contributed by atoms with Crippen molar-refractivity contribution in [1.29, 1.82) is 0 Å². The molecule has 0 aliphatic carbocycles. The van der Waals surface area contributed by atoms with Gasteiger partial charge in [-0.3, -0.25) is 0 Å². The first-order valence-corrected chi connectivity index (χ1v) is 13.7. The lowest BCUT2D eigenvalue weighted by atomic mass is 10.1. The van der Waals surface area contributed by atoms with Gasteiger partial charge < -0.3 is 23.2 Å². The molecule has 166 valence electrons. The Morgan fingerprint density at radius 2 is 1.80 bits per heavy atom. The third-order valence-electron chi connectivity index (χ3n) is 6.69. The highest BCUT2D eigenvalue weighted by molar-refractivity contribution is 6.74. The van der Waals surface area contributed by atoms with E-state index in [0.717, 1.165) is 22.6 Å². The Hall–Kier alpha value is -1.32. The number of hydrogen-bond donors (Lipinski definition) is 0. The Kier molecular flexibility index (Phi) is 5.18. The summed E-state index contributed by atoms with van der Waals surface area (Å²) in [5.41, 5.74) is 1.83. The quantitative estimate of drug-likeness (QED) is 0.662. The summed E-state index contributed by atoms with van der Waals surface area (Å²) < 4.78 is 27.6. The third kappa shape index (κ3) is 3.73. The van der Waals surface area contributed by atoms with Crippen molar-refractivity contribution >= 4 is 19.4 Å². The predicted molar refractivity (Wildman–Crippen MR) is 118 cm³/mol. The largest absolute Gasteiger partial charge is 0.414 e. The number of fused-ring (bicyclic) bond motifs is 2. The van der Waals surface area contributed by atoms with Crippen LogP contribution in [0.5, 0.6) is 0 Å². The molecular formula is C22H35N3O4Si. The molecular weight excluding hydrogens is 398 g/mol. The van der Waals surface area contributed by atoms with E-state index in [1.165, 1.54) is 0 Å². The molecule has 2 aliphatic rings. The average molecular weight is 434 g/mol. The summed E-state index contributed by atoms with van der Waals surface area (Å²) in [4.78, 5) is 9.17. The smallest absolute Gasteiger partial charge is 0.192 e. The van der Waals surface area contributed by atoms with Gasteiger partial charge in [-0.15, -0.1) is 0 Å². The van der Waals surface area contributed by atoms with Crippen LogP contribution in [0.15, 0.2) is 12.3 Å². The number of aryl methyl sites for hydroxylation is 2. The van der Waals surface area contributed by atoms with Crippen molar-refractivity contribution in [2.45, 2.75) is 96.9 Å². The van der Waals surface area contributed by atoms with Crippen LogP contribution in [0, 0.1) is 13.8 Å². The molecule has 0 amide bonds. The summed E-state index contributed by atoms with van der Waals surface area (Å²) in [5.74, 6) is 0.0901. The molecule has 0 spiro atoms. The first kappa shape index (κ1) is 21.9. The first-order chi connectivity index (χ1) is 13.8. The highest BCUT2D eigenvalue weighted by Gasteiger charge is 2.56. The number of aromatic nitrogens is 3. The van der Waals surface area contributed by atoms with E-state index in [2.05, 4.69) is 48.4 Å². The van der Waals surface area contributed by atoms with Crippen LogP contribution in [-0.2, 0) is 18.6 Å². The molecule has 0 saturated carbocycles. The van der Waals surface area contributed by atoms with Gasteiger partial charge in [0.2, 0.25) is 0 Å². The minimum atomic E-state index is -1.90. The molecule has 0 radical (unpaired) electrons. The van der Waals surface area contributed by atoms with E-state index in [1.807, 2.05) is 40.0 Å². The fraction of sp³-hybridized carbons (Fsp3) is 0.727. The van der Waals surface area contributed by atoms with E-state index in [4.69, 9.17) is 18.6 Å². The van der Waals surface area contributed by atoms with Gasteiger partial charge in [0.1, 0.15) is 29.8 Å². The Balaban J connectivity index is 1.64. The van der Waals surface area contributed by atoms with E-state index in [-0.39, 0.29) is 29.6 Å². The van der Waals surface area contributed by atoms with Gasteiger partial charge in [0, 0.05) is 11.6 Å². The molecule has 2 saturated heterocycles. The third-order valence-corrected chi connectivity index (χ3v) is 11.2. The van der Waals surface area contributed by atoms with Crippen molar-refractivity contribution in [3.05, 3.63) is 23.8 Å². The van der Waals surface area contributed by atoms with Crippen LogP contribution in [-0.4, -0.2) is 53.6 Å². The average Bonchev–Trinajstić information content (AvgIpc) is 3.23. The van der Waals surface area contributed by atoms with E-state index in [1.54, 1.807) is 0 Å². The minimum absolute atomic E-state index is 0.138. The lowest BCUT2D eigenvalue weighted by Gasteiger charge is -2.37. The summed E-state index contributed by atoms with van der Waals surface area (Å²) in [6, 6.07) is 2.04.